The third-order valence-corrected chi connectivity index (χ3v) is 4.35. The topological polar surface area (TPSA) is 38.0 Å². The second kappa shape index (κ2) is 3.43. The van der Waals surface area contributed by atoms with Crippen LogP contribution in [0.4, 0.5) is 0 Å². The van der Waals surface area contributed by atoms with Gasteiger partial charge < -0.3 is 5.43 Å². The standard InChI is InChI=1S/C12H12N2S/c13-14-10-6-3-5-9-8-4-1-2-7-11(8)15-12(9)10/h1-7,9,12,14H,13H2. The van der Waals surface area contributed by atoms with E-state index in [0.29, 0.717) is 11.2 Å². The third-order valence-electron chi connectivity index (χ3n) is 2.93. The molecule has 76 valence electrons. The number of hydrogen-bond donors (Lipinski definition) is 2. The molecule has 0 saturated heterocycles. The van der Waals surface area contributed by atoms with Crippen molar-refractivity contribution in [2.45, 2.75) is 16.1 Å². The molecular weight excluding hydrogens is 204 g/mol. The van der Waals surface area contributed by atoms with Gasteiger partial charge in [0.1, 0.15) is 0 Å². The average Bonchev–Trinajstić information content (AvgIpc) is 2.67. The van der Waals surface area contributed by atoms with Gasteiger partial charge in [-0.25, -0.2) is 0 Å². The molecule has 2 nitrogen and oxygen atoms in total. The second-order valence-corrected chi connectivity index (χ2v) is 4.94. The summed E-state index contributed by atoms with van der Waals surface area (Å²) in [5.41, 5.74) is 5.33. The van der Waals surface area contributed by atoms with Gasteiger partial charge in [0.2, 0.25) is 0 Å². The lowest BCUT2D eigenvalue weighted by Crippen LogP contribution is -2.30. The first-order valence-electron chi connectivity index (χ1n) is 5.01. The Kier molecular flexibility index (Phi) is 2.08. The number of nitrogens with one attached hydrogen (secondary N) is 1. The summed E-state index contributed by atoms with van der Waals surface area (Å²) in [6, 6.07) is 8.58. The zero-order valence-electron chi connectivity index (χ0n) is 8.18. The Balaban J connectivity index is 2.05. The second-order valence-electron chi connectivity index (χ2n) is 3.75. The van der Waals surface area contributed by atoms with E-state index in [1.165, 1.54) is 10.5 Å². The van der Waals surface area contributed by atoms with Crippen LogP contribution in [0.25, 0.3) is 0 Å². The molecule has 1 aliphatic heterocycles. The number of nitrogens with two attached hydrogens (primary N) is 1. The van der Waals surface area contributed by atoms with Crippen LogP contribution in [0.2, 0.25) is 0 Å². The van der Waals surface area contributed by atoms with Crippen molar-refractivity contribution < 1.29 is 0 Å². The number of hydrogen-bond acceptors (Lipinski definition) is 3. The Morgan fingerprint density at radius 1 is 1.27 bits per heavy atom. The summed E-state index contributed by atoms with van der Waals surface area (Å²) in [6.07, 6.45) is 6.39. The summed E-state index contributed by atoms with van der Waals surface area (Å²) in [4.78, 5) is 1.38. The van der Waals surface area contributed by atoms with Crippen molar-refractivity contribution in [3.05, 3.63) is 53.8 Å². The van der Waals surface area contributed by atoms with Crippen LogP contribution >= 0.6 is 11.8 Å². The number of rotatable bonds is 1. The van der Waals surface area contributed by atoms with Gasteiger partial charge in [0.05, 0.1) is 5.25 Å². The Hall–Kier alpha value is -1.19. The lowest BCUT2D eigenvalue weighted by atomic mass is 9.91. The molecular formula is C12H12N2S. The Morgan fingerprint density at radius 2 is 2.13 bits per heavy atom. The van der Waals surface area contributed by atoms with Gasteiger partial charge in [-0.15, -0.1) is 11.8 Å². The van der Waals surface area contributed by atoms with Gasteiger partial charge in [-0.05, 0) is 17.7 Å². The molecule has 0 saturated carbocycles. The first kappa shape index (κ1) is 9.07. The molecule has 0 bridgehead atoms. The number of thioether (sulfide) groups is 1. The van der Waals surface area contributed by atoms with E-state index in [9.17, 15) is 0 Å². The van der Waals surface area contributed by atoms with Gasteiger partial charge in [-0.3, -0.25) is 5.84 Å². The van der Waals surface area contributed by atoms with Gasteiger partial charge in [-0.2, -0.15) is 0 Å². The molecule has 1 aromatic carbocycles. The summed E-state index contributed by atoms with van der Waals surface area (Å²) < 4.78 is 0. The van der Waals surface area contributed by atoms with E-state index in [2.05, 4.69) is 47.9 Å². The highest BCUT2D eigenvalue weighted by atomic mass is 32.2. The molecule has 0 fully saturated rings. The van der Waals surface area contributed by atoms with E-state index in [0.717, 1.165) is 5.70 Å². The van der Waals surface area contributed by atoms with E-state index in [4.69, 9.17) is 5.84 Å². The van der Waals surface area contributed by atoms with Gasteiger partial charge in [0.15, 0.2) is 0 Å². The van der Waals surface area contributed by atoms with Crippen molar-refractivity contribution in [1.29, 1.82) is 0 Å². The lowest BCUT2D eigenvalue weighted by Gasteiger charge is -2.21. The normalized spacial score (nSPS) is 26.9. The number of fused-ring (bicyclic) bond motifs is 3. The zero-order chi connectivity index (χ0) is 10.3. The molecule has 2 atom stereocenters. The van der Waals surface area contributed by atoms with E-state index in [1.54, 1.807) is 0 Å². The van der Waals surface area contributed by atoms with Crippen LogP contribution in [0.3, 0.4) is 0 Å². The van der Waals surface area contributed by atoms with Gasteiger partial charge in [0, 0.05) is 16.5 Å². The predicted molar refractivity (Wildman–Crippen MR) is 63.4 cm³/mol. The van der Waals surface area contributed by atoms with Crippen molar-refractivity contribution >= 4 is 11.8 Å². The molecule has 0 spiro atoms. The van der Waals surface area contributed by atoms with Crippen molar-refractivity contribution in [1.82, 2.24) is 5.43 Å². The lowest BCUT2D eigenvalue weighted by molar-refractivity contribution is 0.748. The summed E-state index contributed by atoms with van der Waals surface area (Å²) in [5.74, 6) is 6.00. The fourth-order valence-corrected chi connectivity index (χ4v) is 3.63. The van der Waals surface area contributed by atoms with Crippen LogP contribution in [0.15, 0.2) is 53.1 Å². The Bertz CT molecular complexity index is 451. The number of benzene rings is 1. The molecule has 15 heavy (non-hydrogen) atoms. The smallest absolute Gasteiger partial charge is 0.0609 e. The third kappa shape index (κ3) is 1.31. The molecule has 1 heterocycles. The van der Waals surface area contributed by atoms with Crippen LogP contribution in [0, 0.1) is 0 Å². The van der Waals surface area contributed by atoms with Crippen molar-refractivity contribution in [2.75, 3.05) is 0 Å². The molecule has 3 N–H and O–H groups in total. The molecule has 2 aliphatic rings. The zero-order valence-corrected chi connectivity index (χ0v) is 9.00. The van der Waals surface area contributed by atoms with Crippen LogP contribution in [-0.2, 0) is 0 Å². The minimum absolute atomic E-state index is 0.428. The van der Waals surface area contributed by atoms with Crippen LogP contribution in [0.1, 0.15) is 11.5 Å². The average molecular weight is 216 g/mol. The summed E-state index contributed by atoms with van der Waals surface area (Å²) in [7, 11) is 0. The maximum Gasteiger partial charge on any atom is 0.0609 e. The van der Waals surface area contributed by atoms with Crippen molar-refractivity contribution in [3.8, 4) is 0 Å². The highest BCUT2D eigenvalue weighted by Crippen LogP contribution is 2.49. The Morgan fingerprint density at radius 3 is 3.00 bits per heavy atom. The molecule has 2 unspecified atom stereocenters. The van der Waals surface area contributed by atoms with E-state index < -0.39 is 0 Å². The summed E-state index contributed by atoms with van der Waals surface area (Å²) in [6.45, 7) is 0. The largest absolute Gasteiger partial charge is 0.327 e. The van der Waals surface area contributed by atoms with E-state index in [1.807, 2.05) is 11.8 Å². The fraction of sp³-hybridized carbons (Fsp3) is 0.167. The van der Waals surface area contributed by atoms with Gasteiger partial charge in [-0.1, -0.05) is 30.4 Å². The summed E-state index contributed by atoms with van der Waals surface area (Å²) in [5, 5.41) is 0.428. The molecule has 1 aromatic rings. The van der Waals surface area contributed by atoms with E-state index >= 15 is 0 Å². The molecule has 0 amide bonds. The van der Waals surface area contributed by atoms with E-state index in [-0.39, 0.29) is 0 Å². The van der Waals surface area contributed by atoms with Crippen molar-refractivity contribution in [2.24, 2.45) is 5.84 Å². The fourth-order valence-electron chi connectivity index (χ4n) is 2.20. The van der Waals surface area contributed by atoms with Crippen molar-refractivity contribution in [3.63, 3.8) is 0 Å². The molecule has 0 aromatic heterocycles. The van der Waals surface area contributed by atoms with Crippen LogP contribution in [0.5, 0.6) is 0 Å². The molecule has 3 rings (SSSR count). The van der Waals surface area contributed by atoms with Crippen LogP contribution < -0.4 is 11.3 Å². The van der Waals surface area contributed by atoms with Gasteiger partial charge in [0.25, 0.3) is 0 Å². The predicted octanol–water partition coefficient (Wildman–Crippen LogP) is 2.16. The maximum atomic E-state index is 5.53. The molecule has 1 aliphatic carbocycles. The minimum atomic E-state index is 0.428. The summed E-state index contributed by atoms with van der Waals surface area (Å²) >= 11 is 1.89. The number of allylic oxidation sites excluding steroid dienone is 3. The quantitative estimate of drug-likeness (QED) is 0.558. The molecule has 3 heteroatoms. The highest BCUT2D eigenvalue weighted by molar-refractivity contribution is 8.00. The highest BCUT2D eigenvalue weighted by Gasteiger charge is 2.34. The van der Waals surface area contributed by atoms with Crippen LogP contribution in [-0.4, -0.2) is 5.25 Å². The number of hydrazine groups is 1. The first-order valence-corrected chi connectivity index (χ1v) is 5.88. The first-order chi connectivity index (χ1) is 7.40. The SMILES string of the molecule is NNC1=CC=CC2c3ccccc3SC12. The minimum Gasteiger partial charge on any atom is -0.327 e. The van der Waals surface area contributed by atoms with Gasteiger partial charge >= 0.3 is 0 Å². The molecule has 0 radical (unpaired) electrons. The maximum absolute atomic E-state index is 5.53. The monoisotopic (exact) mass is 216 g/mol. The Labute approximate surface area is 93.2 Å².